The van der Waals surface area contributed by atoms with Crippen LogP contribution in [0.2, 0.25) is 0 Å². The van der Waals surface area contributed by atoms with Gasteiger partial charge in [-0.2, -0.15) is 4.98 Å². The van der Waals surface area contributed by atoms with Crippen molar-refractivity contribution >= 4 is 5.91 Å². The number of hydrogen-bond donors (Lipinski definition) is 1. The topological polar surface area (TPSA) is 85.2 Å². The van der Waals surface area contributed by atoms with E-state index in [4.69, 9.17) is 10.3 Å². The number of piperidine rings is 1. The standard InChI is InChI=1S/C20H28N4O2/c1-20(2,3)12-17-22-18(23-26-17)14-7-6-8-15(11-14)19(25)24-10-5-4-9-16(24)13-21/h6-8,11,16H,4-5,9-10,12-13,21H2,1-3H3. The Balaban J connectivity index is 1.81. The molecule has 0 saturated carbocycles. The summed E-state index contributed by atoms with van der Waals surface area (Å²) in [5.41, 5.74) is 7.37. The van der Waals surface area contributed by atoms with Crippen molar-refractivity contribution in [2.24, 2.45) is 11.1 Å². The summed E-state index contributed by atoms with van der Waals surface area (Å²) in [6.07, 6.45) is 3.85. The second-order valence-electron chi connectivity index (χ2n) is 8.21. The average Bonchev–Trinajstić information content (AvgIpc) is 3.07. The van der Waals surface area contributed by atoms with Crippen molar-refractivity contribution in [3.05, 3.63) is 35.7 Å². The third-order valence-corrected chi connectivity index (χ3v) is 4.68. The third kappa shape index (κ3) is 4.30. The summed E-state index contributed by atoms with van der Waals surface area (Å²) in [7, 11) is 0. The van der Waals surface area contributed by atoms with Crippen molar-refractivity contribution in [3.63, 3.8) is 0 Å². The number of carbonyl (C=O) groups excluding carboxylic acids is 1. The van der Waals surface area contributed by atoms with Gasteiger partial charge in [0.25, 0.3) is 5.91 Å². The maximum atomic E-state index is 13.0. The number of rotatable bonds is 4. The summed E-state index contributed by atoms with van der Waals surface area (Å²) < 4.78 is 5.37. The van der Waals surface area contributed by atoms with Gasteiger partial charge >= 0.3 is 0 Å². The van der Waals surface area contributed by atoms with Gasteiger partial charge in [-0.15, -0.1) is 0 Å². The van der Waals surface area contributed by atoms with Gasteiger partial charge in [0.05, 0.1) is 0 Å². The molecule has 26 heavy (non-hydrogen) atoms. The summed E-state index contributed by atoms with van der Waals surface area (Å²) >= 11 is 0. The second kappa shape index (κ2) is 7.58. The van der Waals surface area contributed by atoms with Gasteiger partial charge in [-0.1, -0.05) is 38.1 Å². The van der Waals surface area contributed by atoms with Gasteiger partial charge in [-0.05, 0) is 36.8 Å². The van der Waals surface area contributed by atoms with E-state index >= 15 is 0 Å². The van der Waals surface area contributed by atoms with Crippen molar-refractivity contribution in [2.75, 3.05) is 13.1 Å². The number of carbonyl (C=O) groups is 1. The molecule has 0 radical (unpaired) electrons. The Bertz CT molecular complexity index is 763. The quantitative estimate of drug-likeness (QED) is 0.908. The molecule has 1 amide bonds. The minimum Gasteiger partial charge on any atom is -0.339 e. The fourth-order valence-electron chi connectivity index (χ4n) is 3.37. The van der Waals surface area contributed by atoms with Crippen LogP contribution in [-0.2, 0) is 6.42 Å². The van der Waals surface area contributed by atoms with Crippen LogP contribution >= 0.6 is 0 Å². The average molecular weight is 356 g/mol. The van der Waals surface area contributed by atoms with E-state index in [9.17, 15) is 4.79 Å². The van der Waals surface area contributed by atoms with E-state index in [0.29, 0.717) is 30.2 Å². The van der Waals surface area contributed by atoms with E-state index in [1.165, 1.54) is 0 Å². The first-order chi connectivity index (χ1) is 12.4. The van der Waals surface area contributed by atoms with Crippen molar-refractivity contribution < 1.29 is 9.32 Å². The van der Waals surface area contributed by atoms with Crippen LogP contribution in [0.25, 0.3) is 11.4 Å². The first-order valence-corrected chi connectivity index (χ1v) is 9.31. The van der Waals surface area contributed by atoms with Crippen LogP contribution in [0.3, 0.4) is 0 Å². The number of amides is 1. The molecule has 0 spiro atoms. The zero-order valence-electron chi connectivity index (χ0n) is 15.9. The van der Waals surface area contributed by atoms with Crippen LogP contribution in [-0.4, -0.2) is 40.1 Å². The van der Waals surface area contributed by atoms with Gasteiger partial charge < -0.3 is 15.2 Å². The molecule has 2 N–H and O–H groups in total. The highest BCUT2D eigenvalue weighted by molar-refractivity contribution is 5.95. The summed E-state index contributed by atoms with van der Waals surface area (Å²) in [5, 5.41) is 4.08. The van der Waals surface area contributed by atoms with E-state index in [-0.39, 0.29) is 17.4 Å². The predicted octanol–water partition coefficient (Wildman–Crippen LogP) is 3.28. The summed E-state index contributed by atoms with van der Waals surface area (Å²) in [6, 6.07) is 7.58. The van der Waals surface area contributed by atoms with Crippen molar-refractivity contribution in [3.8, 4) is 11.4 Å². The van der Waals surface area contributed by atoms with Crippen LogP contribution in [0, 0.1) is 5.41 Å². The molecule has 2 heterocycles. The highest BCUT2D eigenvalue weighted by atomic mass is 16.5. The van der Waals surface area contributed by atoms with Crippen LogP contribution in [0.5, 0.6) is 0 Å². The lowest BCUT2D eigenvalue weighted by molar-refractivity contribution is 0.0623. The molecule has 6 nitrogen and oxygen atoms in total. The Morgan fingerprint density at radius 2 is 2.15 bits per heavy atom. The highest BCUT2D eigenvalue weighted by Gasteiger charge is 2.26. The van der Waals surface area contributed by atoms with E-state index < -0.39 is 0 Å². The maximum absolute atomic E-state index is 13.0. The van der Waals surface area contributed by atoms with Gasteiger partial charge in [-0.25, -0.2) is 0 Å². The first kappa shape index (κ1) is 18.6. The Morgan fingerprint density at radius 3 is 2.88 bits per heavy atom. The van der Waals surface area contributed by atoms with Gasteiger partial charge in [0.2, 0.25) is 11.7 Å². The molecule has 1 aliphatic rings. The number of nitrogens with two attached hydrogens (primary N) is 1. The van der Waals surface area contributed by atoms with Crippen LogP contribution < -0.4 is 5.73 Å². The van der Waals surface area contributed by atoms with Crippen molar-refractivity contribution in [2.45, 2.75) is 52.5 Å². The number of benzene rings is 1. The molecule has 1 fully saturated rings. The Kier molecular flexibility index (Phi) is 5.41. The summed E-state index contributed by atoms with van der Waals surface area (Å²) in [6.45, 7) is 7.66. The monoisotopic (exact) mass is 356 g/mol. The van der Waals surface area contributed by atoms with Crippen molar-refractivity contribution in [1.29, 1.82) is 0 Å². The molecule has 2 aromatic rings. The Labute approximate surface area is 154 Å². The van der Waals surface area contributed by atoms with Crippen LogP contribution in [0.4, 0.5) is 0 Å². The number of hydrogen-bond acceptors (Lipinski definition) is 5. The molecule has 3 rings (SSSR count). The lowest BCUT2D eigenvalue weighted by Crippen LogP contribution is -2.47. The Hall–Kier alpha value is -2.21. The molecule has 1 aromatic heterocycles. The zero-order chi connectivity index (χ0) is 18.7. The van der Waals surface area contributed by atoms with Gasteiger partial charge in [-0.3, -0.25) is 4.79 Å². The fourth-order valence-corrected chi connectivity index (χ4v) is 3.37. The zero-order valence-corrected chi connectivity index (χ0v) is 15.9. The van der Waals surface area contributed by atoms with E-state index in [1.807, 2.05) is 29.2 Å². The normalized spacial score (nSPS) is 18.2. The number of likely N-dealkylation sites (tertiary alicyclic amines) is 1. The van der Waals surface area contributed by atoms with Gasteiger partial charge in [0.15, 0.2) is 0 Å². The lowest BCUT2D eigenvalue weighted by Gasteiger charge is -2.35. The second-order valence-corrected chi connectivity index (χ2v) is 8.21. The molecular weight excluding hydrogens is 328 g/mol. The SMILES string of the molecule is CC(C)(C)Cc1nc(-c2cccc(C(=O)N3CCCCC3CN)c2)no1. The molecule has 0 bridgehead atoms. The fraction of sp³-hybridized carbons (Fsp3) is 0.550. The molecule has 1 aliphatic heterocycles. The molecule has 6 heteroatoms. The van der Waals surface area contributed by atoms with E-state index in [0.717, 1.165) is 31.4 Å². The molecule has 0 aliphatic carbocycles. The largest absolute Gasteiger partial charge is 0.339 e. The molecule has 1 atom stereocenters. The number of nitrogens with zero attached hydrogens (tertiary/aromatic N) is 3. The molecule has 140 valence electrons. The summed E-state index contributed by atoms with van der Waals surface area (Å²) in [4.78, 5) is 19.3. The lowest BCUT2D eigenvalue weighted by atomic mass is 9.92. The molecule has 1 aromatic carbocycles. The number of aromatic nitrogens is 2. The third-order valence-electron chi connectivity index (χ3n) is 4.68. The molecular formula is C20H28N4O2. The van der Waals surface area contributed by atoms with Gasteiger partial charge in [0.1, 0.15) is 0 Å². The maximum Gasteiger partial charge on any atom is 0.254 e. The van der Waals surface area contributed by atoms with Crippen molar-refractivity contribution in [1.82, 2.24) is 15.0 Å². The van der Waals surface area contributed by atoms with Crippen LogP contribution in [0.1, 0.15) is 56.3 Å². The van der Waals surface area contributed by atoms with E-state index in [1.54, 1.807) is 0 Å². The molecule has 1 saturated heterocycles. The molecule has 1 unspecified atom stereocenters. The minimum absolute atomic E-state index is 0.0282. The van der Waals surface area contributed by atoms with Crippen LogP contribution in [0.15, 0.2) is 28.8 Å². The predicted molar refractivity (Wildman–Crippen MR) is 101 cm³/mol. The first-order valence-electron chi connectivity index (χ1n) is 9.31. The van der Waals surface area contributed by atoms with Gasteiger partial charge in [0, 0.05) is 36.7 Å². The summed E-state index contributed by atoms with van der Waals surface area (Å²) in [5.74, 6) is 1.16. The highest BCUT2D eigenvalue weighted by Crippen LogP contribution is 2.24. The smallest absolute Gasteiger partial charge is 0.254 e. The Morgan fingerprint density at radius 1 is 1.35 bits per heavy atom. The van der Waals surface area contributed by atoms with E-state index in [2.05, 4.69) is 30.9 Å². The minimum atomic E-state index is 0.0282.